The third-order valence-corrected chi connectivity index (χ3v) is 6.03. The summed E-state index contributed by atoms with van der Waals surface area (Å²) in [6.07, 6.45) is -1.31. The number of amides is 2. The molecule has 0 spiro atoms. The number of carbonyl (C=O) groups excluding carboxylic acids is 3. The predicted octanol–water partition coefficient (Wildman–Crippen LogP) is 6.08. The van der Waals surface area contributed by atoms with Gasteiger partial charge in [0.15, 0.2) is 6.10 Å². The van der Waals surface area contributed by atoms with Gasteiger partial charge >= 0.3 is 5.97 Å². The van der Waals surface area contributed by atoms with Crippen molar-refractivity contribution in [2.75, 3.05) is 5.32 Å². The number of benzene rings is 3. The van der Waals surface area contributed by atoms with E-state index in [1.165, 1.54) is 6.92 Å². The smallest absolute Gasteiger partial charge is 0.309 e. The zero-order chi connectivity index (χ0) is 24.7. The molecule has 0 bridgehead atoms. The van der Waals surface area contributed by atoms with Gasteiger partial charge in [-0.1, -0.05) is 83.3 Å². The van der Waals surface area contributed by atoms with Gasteiger partial charge in [0.25, 0.3) is 11.8 Å². The number of carbonyl (C=O) groups is 3. The molecule has 2 N–H and O–H groups in total. The second kappa shape index (κ2) is 11.9. The summed E-state index contributed by atoms with van der Waals surface area (Å²) in [5, 5.41) is 6.16. The van der Waals surface area contributed by atoms with E-state index in [-0.39, 0.29) is 22.0 Å². The van der Waals surface area contributed by atoms with Crippen LogP contribution in [0.5, 0.6) is 0 Å². The predicted molar refractivity (Wildman–Crippen MR) is 133 cm³/mol. The zero-order valence-corrected chi connectivity index (χ0v) is 20.3. The number of esters is 1. The summed E-state index contributed by atoms with van der Waals surface area (Å²) in [5.41, 5.74) is 1.28. The highest BCUT2D eigenvalue weighted by Gasteiger charge is 2.24. The van der Waals surface area contributed by atoms with Crippen LogP contribution >= 0.6 is 34.8 Å². The third-order valence-electron chi connectivity index (χ3n) is 4.88. The Kier molecular flexibility index (Phi) is 8.93. The Morgan fingerprint density at radius 1 is 0.853 bits per heavy atom. The van der Waals surface area contributed by atoms with Crippen LogP contribution in [0.4, 0.5) is 5.69 Å². The maximum absolute atomic E-state index is 12.8. The summed E-state index contributed by atoms with van der Waals surface area (Å²) in [5.74, 6) is -1.68. The number of ether oxygens (including phenoxy) is 1. The second-order valence-corrected chi connectivity index (χ2v) is 8.54. The van der Waals surface area contributed by atoms with E-state index in [2.05, 4.69) is 10.6 Å². The van der Waals surface area contributed by atoms with Crippen LogP contribution in [0.2, 0.25) is 15.1 Å². The topological polar surface area (TPSA) is 84.5 Å². The van der Waals surface area contributed by atoms with Gasteiger partial charge in [-0.15, -0.1) is 0 Å². The first-order valence-corrected chi connectivity index (χ1v) is 11.4. The number of rotatable bonds is 8. The molecule has 0 aliphatic heterocycles. The molecule has 9 heteroatoms. The highest BCUT2D eigenvalue weighted by atomic mass is 35.5. The summed E-state index contributed by atoms with van der Waals surface area (Å²) in [6, 6.07) is 19.7. The van der Waals surface area contributed by atoms with Crippen LogP contribution in [-0.4, -0.2) is 23.9 Å². The molecule has 3 aromatic rings. The molecule has 176 valence electrons. The van der Waals surface area contributed by atoms with Gasteiger partial charge in [0.05, 0.1) is 38.8 Å². The van der Waals surface area contributed by atoms with Gasteiger partial charge < -0.3 is 15.4 Å². The Morgan fingerprint density at radius 3 is 2.21 bits per heavy atom. The van der Waals surface area contributed by atoms with Gasteiger partial charge in [0, 0.05) is 0 Å². The molecule has 6 nitrogen and oxygen atoms in total. The molecule has 0 aliphatic carbocycles. The van der Waals surface area contributed by atoms with Gasteiger partial charge in [-0.05, 0) is 36.8 Å². The van der Waals surface area contributed by atoms with Crippen LogP contribution < -0.4 is 10.6 Å². The molecule has 0 saturated heterocycles. The third kappa shape index (κ3) is 6.73. The molecule has 0 fully saturated rings. The van der Waals surface area contributed by atoms with Crippen molar-refractivity contribution in [1.82, 2.24) is 5.32 Å². The number of hydrogen-bond acceptors (Lipinski definition) is 4. The highest BCUT2D eigenvalue weighted by molar-refractivity contribution is 6.44. The van der Waals surface area contributed by atoms with Gasteiger partial charge in [0.2, 0.25) is 0 Å². The van der Waals surface area contributed by atoms with Crippen LogP contribution in [0.15, 0.2) is 72.8 Å². The molecule has 0 saturated carbocycles. The second-order valence-electron chi connectivity index (χ2n) is 7.34. The van der Waals surface area contributed by atoms with Crippen LogP contribution in [0, 0.1) is 0 Å². The van der Waals surface area contributed by atoms with Crippen molar-refractivity contribution in [1.29, 1.82) is 0 Å². The molecule has 0 heterocycles. The van der Waals surface area contributed by atoms with Crippen molar-refractivity contribution in [2.24, 2.45) is 0 Å². The average molecular weight is 520 g/mol. The van der Waals surface area contributed by atoms with Crippen LogP contribution in [0.1, 0.15) is 35.3 Å². The summed E-state index contributed by atoms with van der Waals surface area (Å²) in [7, 11) is 0. The summed E-state index contributed by atoms with van der Waals surface area (Å²) < 4.78 is 5.31. The summed E-state index contributed by atoms with van der Waals surface area (Å²) in [4.78, 5) is 38.0. The fourth-order valence-corrected chi connectivity index (χ4v) is 3.69. The molecular weight excluding hydrogens is 499 g/mol. The fourth-order valence-electron chi connectivity index (χ4n) is 3.12. The average Bonchev–Trinajstić information content (AvgIpc) is 2.82. The van der Waals surface area contributed by atoms with E-state index in [0.717, 1.165) is 0 Å². The standard InChI is InChI=1S/C25H21Cl3N2O4/c1-15(24(32)29-20-13-7-12-19(27)23(20)28)34-22(31)14-21(16-8-3-2-4-9-16)30-25(33)17-10-5-6-11-18(17)26/h2-13,15,21H,14H2,1H3,(H,29,32)(H,30,33)/t15-,21+/m0/s1. The van der Waals surface area contributed by atoms with E-state index in [1.54, 1.807) is 66.7 Å². The minimum absolute atomic E-state index is 0.183. The van der Waals surface area contributed by atoms with Crippen molar-refractivity contribution in [3.8, 4) is 0 Å². The molecule has 3 aromatic carbocycles. The lowest BCUT2D eigenvalue weighted by Crippen LogP contribution is -2.34. The summed E-state index contributed by atoms with van der Waals surface area (Å²) in [6.45, 7) is 1.44. The molecule has 0 radical (unpaired) electrons. The van der Waals surface area contributed by atoms with Crippen LogP contribution in [-0.2, 0) is 14.3 Å². The lowest BCUT2D eigenvalue weighted by molar-refractivity contribution is -0.153. The molecule has 2 amide bonds. The molecule has 0 unspecified atom stereocenters. The van der Waals surface area contributed by atoms with Crippen LogP contribution in [0.3, 0.4) is 0 Å². The summed E-state index contributed by atoms with van der Waals surface area (Å²) >= 11 is 18.2. The van der Waals surface area contributed by atoms with E-state index in [9.17, 15) is 14.4 Å². The van der Waals surface area contributed by atoms with Gasteiger partial charge in [0.1, 0.15) is 0 Å². The number of halogens is 3. The van der Waals surface area contributed by atoms with E-state index in [1.807, 2.05) is 6.07 Å². The van der Waals surface area contributed by atoms with E-state index in [4.69, 9.17) is 39.5 Å². The lowest BCUT2D eigenvalue weighted by Gasteiger charge is -2.20. The monoisotopic (exact) mass is 518 g/mol. The minimum Gasteiger partial charge on any atom is -0.452 e. The van der Waals surface area contributed by atoms with Gasteiger partial charge in [-0.3, -0.25) is 14.4 Å². The van der Waals surface area contributed by atoms with Crippen molar-refractivity contribution in [3.05, 3.63) is 99.0 Å². The first-order valence-electron chi connectivity index (χ1n) is 10.3. The van der Waals surface area contributed by atoms with Gasteiger partial charge in [-0.2, -0.15) is 0 Å². The van der Waals surface area contributed by atoms with E-state index in [0.29, 0.717) is 16.3 Å². The molecule has 34 heavy (non-hydrogen) atoms. The molecule has 3 rings (SSSR count). The largest absolute Gasteiger partial charge is 0.452 e. The van der Waals surface area contributed by atoms with E-state index >= 15 is 0 Å². The normalized spacial score (nSPS) is 12.4. The van der Waals surface area contributed by atoms with Gasteiger partial charge in [-0.25, -0.2) is 0 Å². The Morgan fingerprint density at radius 2 is 1.50 bits per heavy atom. The zero-order valence-electron chi connectivity index (χ0n) is 18.1. The molecule has 0 aromatic heterocycles. The SMILES string of the molecule is C[C@H](OC(=O)C[C@@H](NC(=O)c1ccccc1Cl)c1ccccc1)C(=O)Nc1cccc(Cl)c1Cl. The van der Waals surface area contributed by atoms with Crippen molar-refractivity contribution in [2.45, 2.75) is 25.5 Å². The van der Waals surface area contributed by atoms with Crippen LogP contribution in [0.25, 0.3) is 0 Å². The fraction of sp³-hybridized carbons (Fsp3) is 0.160. The Hall–Kier alpha value is -3.06. The maximum Gasteiger partial charge on any atom is 0.309 e. The quantitative estimate of drug-likeness (QED) is 0.353. The molecular formula is C25H21Cl3N2O4. The molecule has 0 aliphatic rings. The molecule has 2 atom stereocenters. The van der Waals surface area contributed by atoms with Crippen molar-refractivity contribution < 1.29 is 19.1 Å². The maximum atomic E-state index is 12.8. The first kappa shape index (κ1) is 25.6. The Bertz CT molecular complexity index is 1190. The van der Waals surface area contributed by atoms with Crippen molar-refractivity contribution in [3.63, 3.8) is 0 Å². The minimum atomic E-state index is -1.11. The van der Waals surface area contributed by atoms with E-state index < -0.39 is 29.9 Å². The Balaban J connectivity index is 1.68. The number of nitrogens with one attached hydrogen (secondary N) is 2. The first-order chi connectivity index (χ1) is 16.3. The number of anilines is 1. The lowest BCUT2D eigenvalue weighted by atomic mass is 10.0. The highest BCUT2D eigenvalue weighted by Crippen LogP contribution is 2.29. The Labute approximate surface area is 212 Å². The van der Waals surface area contributed by atoms with Crippen molar-refractivity contribution >= 4 is 58.3 Å². The number of hydrogen-bond donors (Lipinski definition) is 2.